The Balaban J connectivity index is 1.68. The number of sulfonamides is 1. The highest BCUT2D eigenvalue weighted by Crippen LogP contribution is 2.28. The Bertz CT molecular complexity index is 1580. The van der Waals surface area contributed by atoms with E-state index >= 15 is 0 Å². The van der Waals surface area contributed by atoms with Gasteiger partial charge in [-0.3, -0.25) is 13.9 Å². The van der Waals surface area contributed by atoms with E-state index in [1.807, 2.05) is 30.3 Å². The molecule has 2 amide bonds. The Hall–Kier alpha value is -4.83. The van der Waals surface area contributed by atoms with Gasteiger partial charge in [-0.05, 0) is 73.2 Å². The molecule has 0 aromatic heterocycles. The maximum absolute atomic E-state index is 13.9. The van der Waals surface area contributed by atoms with Gasteiger partial charge in [-0.15, -0.1) is 0 Å². The highest BCUT2D eigenvalue weighted by Gasteiger charge is 2.32. The van der Waals surface area contributed by atoms with Crippen LogP contribution in [0, 0.1) is 0 Å². The summed E-state index contributed by atoms with van der Waals surface area (Å²) < 4.78 is 39.9. The second kappa shape index (κ2) is 13.7. The highest BCUT2D eigenvalue weighted by molar-refractivity contribution is 7.92. The van der Waals surface area contributed by atoms with E-state index < -0.39 is 28.5 Å². The van der Waals surface area contributed by atoms with Crippen molar-refractivity contribution in [2.75, 3.05) is 25.0 Å². The van der Waals surface area contributed by atoms with Crippen LogP contribution < -0.4 is 19.1 Å². The third-order valence-corrected chi connectivity index (χ3v) is 8.43. The van der Waals surface area contributed by atoms with Gasteiger partial charge in [0.15, 0.2) is 0 Å². The number of likely N-dealkylation sites (N-methyl/N-ethyl adjacent to an activating group) is 1. The van der Waals surface area contributed by atoms with E-state index in [4.69, 9.17) is 9.47 Å². The molecule has 9 nitrogen and oxygen atoms in total. The summed E-state index contributed by atoms with van der Waals surface area (Å²) in [5.74, 6) is 0.854. The van der Waals surface area contributed by atoms with Crippen LogP contribution in [0.25, 0.3) is 0 Å². The average molecular weight is 588 g/mol. The molecule has 4 aromatic carbocycles. The van der Waals surface area contributed by atoms with E-state index in [0.717, 1.165) is 9.87 Å². The summed E-state index contributed by atoms with van der Waals surface area (Å²) in [7, 11) is -1.12. The van der Waals surface area contributed by atoms with Crippen molar-refractivity contribution < 1.29 is 27.5 Å². The fourth-order valence-electron chi connectivity index (χ4n) is 4.27. The predicted molar refractivity (Wildman–Crippen MR) is 161 cm³/mol. The molecule has 1 atom stereocenters. The molecule has 0 unspecified atom stereocenters. The van der Waals surface area contributed by atoms with Gasteiger partial charge in [0.25, 0.3) is 10.0 Å². The summed E-state index contributed by atoms with van der Waals surface area (Å²) in [5.41, 5.74) is 1.02. The van der Waals surface area contributed by atoms with E-state index in [1.54, 1.807) is 80.8 Å². The second-order valence-electron chi connectivity index (χ2n) is 9.39. The lowest BCUT2D eigenvalue weighted by Gasteiger charge is -2.31. The predicted octanol–water partition coefficient (Wildman–Crippen LogP) is 4.85. The molecule has 10 heteroatoms. The second-order valence-corrected chi connectivity index (χ2v) is 11.3. The summed E-state index contributed by atoms with van der Waals surface area (Å²) >= 11 is 0. The lowest BCUT2D eigenvalue weighted by atomic mass is 10.1. The number of rotatable bonds is 12. The monoisotopic (exact) mass is 587 g/mol. The average Bonchev–Trinajstić information content (AvgIpc) is 3.03. The minimum Gasteiger partial charge on any atom is -0.497 e. The largest absolute Gasteiger partial charge is 0.497 e. The van der Waals surface area contributed by atoms with E-state index in [2.05, 4.69) is 5.32 Å². The first-order valence-electron chi connectivity index (χ1n) is 13.3. The number of anilines is 1. The van der Waals surface area contributed by atoms with Gasteiger partial charge in [-0.1, -0.05) is 48.5 Å². The number of hydrogen-bond donors (Lipinski definition) is 1. The number of amides is 2. The van der Waals surface area contributed by atoms with Crippen LogP contribution in [0.5, 0.6) is 17.2 Å². The molecule has 0 aliphatic carbocycles. The Morgan fingerprint density at radius 1 is 0.786 bits per heavy atom. The minimum absolute atomic E-state index is 0.0310. The Kier molecular flexibility index (Phi) is 9.82. The third kappa shape index (κ3) is 7.27. The van der Waals surface area contributed by atoms with Crippen LogP contribution >= 0.6 is 0 Å². The lowest BCUT2D eigenvalue weighted by Crippen LogP contribution is -2.50. The lowest BCUT2D eigenvalue weighted by molar-refractivity contribution is -0.139. The number of para-hydroxylation sites is 1. The molecule has 0 aliphatic heterocycles. The molecule has 42 heavy (non-hydrogen) atoms. The Morgan fingerprint density at radius 3 is 1.90 bits per heavy atom. The van der Waals surface area contributed by atoms with Crippen molar-refractivity contribution in [3.05, 3.63) is 115 Å². The van der Waals surface area contributed by atoms with Crippen LogP contribution in [-0.2, 0) is 26.2 Å². The fraction of sp³-hybridized carbons (Fsp3) is 0.188. The first-order chi connectivity index (χ1) is 20.2. The van der Waals surface area contributed by atoms with Gasteiger partial charge in [0, 0.05) is 13.6 Å². The standard InChI is InChI=1S/C32H33N3O6S/c1-24(32(37)33-2)34(22-25-14-18-27(40-3)19-15-25)31(36)23-35(42(38,39)30-12-8-5-9-13-30)26-16-20-29(21-17-26)41-28-10-6-4-7-11-28/h4-21,24H,22-23H2,1-3H3,(H,33,37)/t24-/m0/s1. The summed E-state index contributed by atoms with van der Waals surface area (Å²) in [6, 6.07) is 29.8. The van der Waals surface area contributed by atoms with Gasteiger partial charge in [-0.25, -0.2) is 8.42 Å². The van der Waals surface area contributed by atoms with Crippen molar-refractivity contribution in [1.29, 1.82) is 0 Å². The fourth-order valence-corrected chi connectivity index (χ4v) is 5.71. The van der Waals surface area contributed by atoms with Crippen LogP contribution in [0.2, 0.25) is 0 Å². The van der Waals surface area contributed by atoms with Crippen LogP contribution in [-0.4, -0.2) is 51.9 Å². The zero-order chi connectivity index (χ0) is 30.1. The van der Waals surface area contributed by atoms with E-state index in [0.29, 0.717) is 17.2 Å². The summed E-state index contributed by atoms with van der Waals surface area (Å²) in [4.78, 5) is 27.9. The van der Waals surface area contributed by atoms with Gasteiger partial charge in [-0.2, -0.15) is 0 Å². The number of nitrogens with one attached hydrogen (secondary N) is 1. The number of hydrogen-bond acceptors (Lipinski definition) is 6. The first-order valence-corrected chi connectivity index (χ1v) is 14.7. The van der Waals surface area contributed by atoms with Crippen LogP contribution in [0.4, 0.5) is 5.69 Å². The Morgan fingerprint density at radius 2 is 1.33 bits per heavy atom. The quantitative estimate of drug-likeness (QED) is 0.254. The van der Waals surface area contributed by atoms with E-state index in [1.165, 1.54) is 24.1 Å². The molecule has 0 aliphatic rings. The van der Waals surface area contributed by atoms with Gasteiger partial charge < -0.3 is 19.7 Å². The van der Waals surface area contributed by atoms with Crippen molar-refractivity contribution in [2.24, 2.45) is 0 Å². The molecule has 4 rings (SSSR count). The molecule has 218 valence electrons. The third-order valence-electron chi connectivity index (χ3n) is 6.64. The van der Waals surface area contributed by atoms with Crippen molar-refractivity contribution in [3.8, 4) is 17.2 Å². The van der Waals surface area contributed by atoms with Gasteiger partial charge in [0.2, 0.25) is 11.8 Å². The highest BCUT2D eigenvalue weighted by atomic mass is 32.2. The zero-order valence-electron chi connectivity index (χ0n) is 23.6. The smallest absolute Gasteiger partial charge is 0.264 e. The Labute approximate surface area is 246 Å². The molecule has 0 spiro atoms. The SMILES string of the molecule is CNC(=O)[C@H](C)N(Cc1ccc(OC)cc1)C(=O)CN(c1ccc(Oc2ccccc2)cc1)S(=O)(=O)c1ccccc1. The summed E-state index contributed by atoms with van der Waals surface area (Å²) in [6.45, 7) is 1.15. The van der Waals surface area contributed by atoms with Gasteiger partial charge >= 0.3 is 0 Å². The molecule has 0 heterocycles. The van der Waals surface area contributed by atoms with Crippen LogP contribution in [0.15, 0.2) is 114 Å². The molecule has 0 saturated heterocycles. The number of methoxy groups -OCH3 is 1. The first kappa shape index (κ1) is 30.1. The molecule has 0 saturated carbocycles. The number of benzene rings is 4. The topological polar surface area (TPSA) is 105 Å². The number of carbonyl (C=O) groups excluding carboxylic acids is 2. The molecule has 4 aromatic rings. The van der Waals surface area contributed by atoms with Crippen molar-refractivity contribution in [1.82, 2.24) is 10.2 Å². The van der Waals surface area contributed by atoms with Crippen LogP contribution in [0.1, 0.15) is 12.5 Å². The van der Waals surface area contributed by atoms with Crippen molar-refractivity contribution >= 4 is 27.5 Å². The van der Waals surface area contributed by atoms with Gasteiger partial charge in [0.05, 0.1) is 17.7 Å². The maximum Gasteiger partial charge on any atom is 0.264 e. The molecule has 0 bridgehead atoms. The molecule has 1 N–H and O–H groups in total. The molecule has 0 fully saturated rings. The molecule has 0 radical (unpaired) electrons. The number of carbonyl (C=O) groups is 2. The normalized spacial score (nSPS) is 11.7. The zero-order valence-corrected chi connectivity index (χ0v) is 24.5. The molecular formula is C32H33N3O6S. The minimum atomic E-state index is -4.16. The number of ether oxygens (including phenoxy) is 2. The summed E-state index contributed by atoms with van der Waals surface area (Å²) in [6.07, 6.45) is 0. The van der Waals surface area contributed by atoms with Crippen LogP contribution in [0.3, 0.4) is 0 Å². The number of nitrogens with zero attached hydrogens (tertiary/aromatic N) is 2. The van der Waals surface area contributed by atoms with Gasteiger partial charge in [0.1, 0.15) is 29.8 Å². The summed E-state index contributed by atoms with van der Waals surface area (Å²) in [5, 5.41) is 2.57. The maximum atomic E-state index is 13.9. The van der Waals surface area contributed by atoms with E-state index in [-0.39, 0.29) is 23.0 Å². The van der Waals surface area contributed by atoms with Crippen molar-refractivity contribution in [2.45, 2.75) is 24.4 Å². The molecular weight excluding hydrogens is 554 g/mol. The van der Waals surface area contributed by atoms with Crippen molar-refractivity contribution in [3.63, 3.8) is 0 Å². The van der Waals surface area contributed by atoms with E-state index in [9.17, 15) is 18.0 Å².